The minimum absolute atomic E-state index is 0.205. The molecule has 0 spiro atoms. The summed E-state index contributed by atoms with van der Waals surface area (Å²) in [6.07, 6.45) is 2.44. The van der Waals surface area contributed by atoms with Gasteiger partial charge in [0.1, 0.15) is 0 Å². The molecule has 1 atom stereocenters. The van der Waals surface area contributed by atoms with Gasteiger partial charge in [-0.15, -0.1) is 0 Å². The average Bonchev–Trinajstić information content (AvgIpc) is 2.05. The lowest BCUT2D eigenvalue weighted by atomic mass is 10.1. The highest BCUT2D eigenvalue weighted by Crippen LogP contribution is 2.12. The van der Waals surface area contributed by atoms with Gasteiger partial charge >= 0.3 is 0 Å². The summed E-state index contributed by atoms with van der Waals surface area (Å²) in [6, 6.07) is 0. The van der Waals surface area contributed by atoms with Crippen molar-refractivity contribution in [1.82, 2.24) is 4.90 Å². The number of aliphatic hydroxyl groups excluding tert-OH is 1. The Morgan fingerprint density at radius 2 is 2.08 bits per heavy atom. The van der Waals surface area contributed by atoms with Crippen LogP contribution >= 0.6 is 0 Å². The first-order valence-electron chi connectivity index (χ1n) is 4.65. The molecule has 0 aromatic rings. The smallest absolute Gasteiger partial charge is 0.0639 e. The molecule has 0 amide bonds. The number of piperidine rings is 1. The van der Waals surface area contributed by atoms with Crippen LogP contribution in [0.2, 0.25) is 0 Å². The molecule has 0 aromatic heterocycles. The molecule has 0 aromatic carbocycles. The third-order valence-electron chi connectivity index (χ3n) is 2.39. The van der Waals surface area contributed by atoms with E-state index in [1.165, 1.54) is 0 Å². The molecule has 1 fully saturated rings. The molecule has 1 heterocycles. The fourth-order valence-electron chi connectivity index (χ4n) is 1.70. The van der Waals surface area contributed by atoms with Crippen LogP contribution in [-0.2, 0) is 4.74 Å². The Balaban J connectivity index is 2.17. The van der Waals surface area contributed by atoms with E-state index in [2.05, 4.69) is 4.90 Å². The average molecular weight is 173 g/mol. The Hall–Kier alpha value is -0.120. The molecule has 1 rings (SSSR count). The van der Waals surface area contributed by atoms with Gasteiger partial charge in [-0.25, -0.2) is 0 Å². The molecule has 72 valence electrons. The molecule has 1 aliphatic rings. The van der Waals surface area contributed by atoms with Crippen molar-refractivity contribution in [3.63, 3.8) is 0 Å². The van der Waals surface area contributed by atoms with Crippen LogP contribution in [-0.4, -0.2) is 49.0 Å². The van der Waals surface area contributed by atoms with Crippen molar-refractivity contribution in [2.45, 2.75) is 32.0 Å². The highest BCUT2D eigenvalue weighted by molar-refractivity contribution is 4.73. The van der Waals surface area contributed by atoms with E-state index >= 15 is 0 Å². The van der Waals surface area contributed by atoms with Crippen LogP contribution in [0, 0.1) is 0 Å². The lowest BCUT2D eigenvalue weighted by molar-refractivity contribution is 0.0272. The maximum Gasteiger partial charge on any atom is 0.0639 e. The van der Waals surface area contributed by atoms with Gasteiger partial charge in [0.2, 0.25) is 0 Å². The predicted octanol–water partition coefficient (Wildman–Crippen LogP) is 0.478. The molecule has 3 heteroatoms. The molecule has 0 saturated carbocycles. The van der Waals surface area contributed by atoms with E-state index < -0.39 is 0 Å². The standard InChI is InChI=1S/C9H19NO2/c1-8(11)7-10-5-3-9(12-2)4-6-10/h8-9,11H,3-7H2,1-2H3. The molecule has 1 saturated heterocycles. The Labute approximate surface area is 74.3 Å². The zero-order valence-corrected chi connectivity index (χ0v) is 7.99. The minimum atomic E-state index is -0.205. The summed E-state index contributed by atoms with van der Waals surface area (Å²) in [5.74, 6) is 0. The van der Waals surface area contributed by atoms with Crippen molar-refractivity contribution >= 4 is 0 Å². The third kappa shape index (κ3) is 3.09. The van der Waals surface area contributed by atoms with Gasteiger partial charge in [-0.3, -0.25) is 0 Å². The van der Waals surface area contributed by atoms with Crippen LogP contribution in [0.5, 0.6) is 0 Å². The number of methoxy groups -OCH3 is 1. The summed E-state index contributed by atoms with van der Waals surface area (Å²) >= 11 is 0. The SMILES string of the molecule is COC1CCN(CC(C)O)CC1. The normalized spacial score (nSPS) is 24.2. The van der Waals surface area contributed by atoms with Gasteiger partial charge in [0.15, 0.2) is 0 Å². The number of rotatable bonds is 3. The van der Waals surface area contributed by atoms with Crippen LogP contribution in [0.25, 0.3) is 0 Å². The molecule has 0 radical (unpaired) electrons. The lowest BCUT2D eigenvalue weighted by Gasteiger charge is -2.31. The van der Waals surface area contributed by atoms with Crippen LogP contribution in [0.3, 0.4) is 0 Å². The molecular weight excluding hydrogens is 154 g/mol. The van der Waals surface area contributed by atoms with Crippen molar-refractivity contribution in [2.24, 2.45) is 0 Å². The first-order chi connectivity index (χ1) is 5.72. The Morgan fingerprint density at radius 3 is 2.50 bits per heavy atom. The second-order valence-electron chi connectivity index (χ2n) is 3.58. The highest BCUT2D eigenvalue weighted by Gasteiger charge is 2.18. The molecule has 1 N–H and O–H groups in total. The number of likely N-dealkylation sites (tertiary alicyclic amines) is 1. The molecule has 3 nitrogen and oxygen atoms in total. The number of aliphatic hydroxyl groups is 1. The van der Waals surface area contributed by atoms with Gasteiger partial charge in [0.05, 0.1) is 12.2 Å². The number of nitrogens with zero attached hydrogens (tertiary/aromatic N) is 1. The summed E-state index contributed by atoms with van der Waals surface area (Å²) in [4.78, 5) is 2.29. The maximum atomic E-state index is 9.15. The first-order valence-corrected chi connectivity index (χ1v) is 4.65. The van der Waals surface area contributed by atoms with Crippen molar-refractivity contribution in [3.05, 3.63) is 0 Å². The van der Waals surface area contributed by atoms with E-state index in [0.29, 0.717) is 6.10 Å². The minimum Gasteiger partial charge on any atom is -0.392 e. The number of hydrogen-bond donors (Lipinski definition) is 1. The number of hydrogen-bond acceptors (Lipinski definition) is 3. The van der Waals surface area contributed by atoms with E-state index in [4.69, 9.17) is 9.84 Å². The van der Waals surface area contributed by atoms with Crippen LogP contribution in [0.4, 0.5) is 0 Å². The second kappa shape index (κ2) is 4.80. The highest BCUT2D eigenvalue weighted by atomic mass is 16.5. The predicted molar refractivity (Wildman–Crippen MR) is 48.2 cm³/mol. The molecular formula is C9H19NO2. The quantitative estimate of drug-likeness (QED) is 0.673. The van der Waals surface area contributed by atoms with Crippen LogP contribution in [0.1, 0.15) is 19.8 Å². The van der Waals surface area contributed by atoms with E-state index in [1.807, 2.05) is 6.92 Å². The first kappa shape index (κ1) is 9.96. The molecule has 0 bridgehead atoms. The zero-order valence-electron chi connectivity index (χ0n) is 7.99. The summed E-state index contributed by atoms with van der Waals surface area (Å²) < 4.78 is 5.26. The van der Waals surface area contributed by atoms with Crippen molar-refractivity contribution < 1.29 is 9.84 Å². The number of β-amino-alcohol motifs (C(OH)–C–C–N with tert-alkyl or cyclic N) is 1. The van der Waals surface area contributed by atoms with Crippen molar-refractivity contribution in [2.75, 3.05) is 26.7 Å². The van der Waals surface area contributed by atoms with Gasteiger partial charge in [0, 0.05) is 26.7 Å². The van der Waals surface area contributed by atoms with Gasteiger partial charge in [-0.1, -0.05) is 0 Å². The van der Waals surface area contributed by atoms with Crippen LogP contribution < -0.4 is 0 Å². The lowest BCUT2D eigenvalue weighted by Crippen LogP contribution is -2.40. The van der Waals surface area contributed by atoms with Crippen molar-refractivity contribution in [1.29, 1.82) is 0 Å². The fraction of sp³-hybridized carbons (Fsp3) is 1.00. The molecule has 0 aliphatic carbocycles. The maximum absolute atomic E-state index is 9.15. The largest absolute Gasteiger partial charge is 0.392 e. The van der Waals surface area contributed by atoms with Crippen molar-refractivity contribution in [3.8, 4) is 0 Å². The Kier molecular flexibility index (Phi) is 3.98. The Morgan fingerprint density at radius 1 is 1.50 bits per heavy atom. The summed E-state index contributed by atoms with van der Waals surface area (Å²) in [6.45, 7) is 4.76. The molecule has 12 heavy (non-hydrogen) atoms. The van der Waals surface area contributed by atoms with E-state index in [0.717, 1.165) is 32.5 Å². The summed E-state index contributed by atoms with van der Waals surface area (Å²) in [5, 5.41) is 9.15. The van der Waals surface area contributed by atoms with Gasteiger partial charge in [0.25, 0.3) is 0 Å². The summed E-state index contributed by atoms with van der Waals surface area (Å²) in [7, 11) is 1.77. The molecule has 1 unspecified atom stereocenters. The Bertz CT molecular complexity index is 120. The third-order valence-corrected chi connectivity index (χ3v) is 2.39. The van der Waals surface area contributed by atoms with E-state index in [1.54, 1.807) is 7.11 Å². The van der Waals surface area contributed by atoms with E-state index in [-0.39, 0.29) is 6.10 Å². The number of ether oxygens (including phenoxy) is 1. The van der Waals surface area contributed by atoms with Gasteiger partial charge in [-0.2, -0.15) is 0 Å². The monoisotopic (exact) mass is 173 g/mol. The van der Waals surface area contributed by atoms with E-state index in [9.17, 15) is 0 Å². The summed E-state index contributed by atoms with van der Waals surface area (Å²) in [5.41, 5.74) is 0. The topological polar surface area (TPSA) is 32.7 Å². The van der Waals surface area contributed by atoms with Crippen LogP contribution in [0.15, 0.2) is 0 Å². The zero-order chi connectivity index (χ0) is 8.97. The fourth-order valence-corrected chi connectivity index (χ4v) is 1.70. The van der Waals surface area contributed by atoms with Gasteiger partial charge in [-0.05, 0) is 19.8 Å². The molecule has 1 aliphatic heterocycles. The van der Waals surface area contributed by atoms with Gasteiger partial charge < -0.3 is 14.7 Å². The second-order valence-corrected chi connectivity index (χ2v) is 3.58.